The number of nitrogens with one attached hydrogen (secondary N) is 1. The maximum Gasteiger partial charge on any atom is 0.230 e. The average Bonchev–Trinajstić information content (AvgIpc) is 2.74. The molecule has 0 radical (unpaired) electrons. The molecule has 3 aliphatic carbocycles. The minimum Gasteiger partial charge on any atom is -0.494 e. The highest BCUT2D eigenvalue weighted by Crippen LogP contribution is 2.62. The highest BCUT2D eigenvalue weighted by Gasteiger charge is 2.55. The van der Waals surface area contributed by atoms with Crippen LogP contribution in [0.15, 0.2) is 35.4 Å². The predicted molar refractivity (Wildman–Crippen MR) is 128 cm³/mol. The van der Waals surface area contributed by atoms with Crippen molar-refractivity contribution >= 4 is 11.6 Å². The first-order valence-corrected chi connectivity index (χ1v) is 12.5. The molecule has 1 aromatic carbocycles. The molecule has 3 unspecified atom stereocenters. The lowest BCUT2D eigenvalue weighted by molar-refractivity contribution is -0.135. The summed E-state index contributed by atoms with van der Waals surface area (Å²) in [6.45, 7) is 12.1. The van der Waals surface area contributed by atoms with E-state index in [9.17, 15) is 4.79 Å². The number of benzene rings is 1. The van der Waals surface area contributed by atoms with Gasteiger partial charge in [0.25, 0.3) is 0 Å². The fraction of sp³-hybridized carbons (Fsp3) is 0.679. The second kappa shape index (κ2) is 8.64. The Morgan fingerprint density at radius 3 is 2.55 bits per heavy atom. The van der Waals surface area contributed by atoms with E-state index >= 15 is 0 Å². The zero-order valence-electron chi connectivity index (χ0n) is 20.2. The number of anilines is 1. The Morgan fingerprint density at radius 2 is 1.87 bits per heavy atom. The highest BCUT2D eigenvalue weighted by molar-refractivity contribution is 5.95. The van der Waals surface area contributed by atoms with Crippen LogP contribution in [0.5, 0.6) is 5.75 Å². The van der Waals surface area contributed by atoms with Gasteiger partial charge in [0.1, 0.15) is 5.75 Å². The molecule has 3 heteroatoms. The van der Waals surface area contributed by atoms with Gasteiger partial charge in [0, 0.05) is 5.69 Å². The molecule has 0 heterocycles. The summed E-state index contributed by atoms with van der Waals surface area (Å²) in [4.78, 5) is 13.6. The fourth-order valence-corrected chi connectivity index (χ4v) is 7.10. The Morgan fingerprint density at radius 1 is 1.13 bits per heavy atom. The van der Waals surface area contributed by atoms with Gasteiger partial charge in [-0.3, -0.25) is 4.79 Å². The van der Waals surface area contributed by atoms with Gasteiger partial charge in [0.05, 0.1) is 12.0 Å². The zero-order chi connectivity index (χ0) is 22.2. The fourth-order valence-electron chi connectivity index (χ4n) is 7.10. The summed E-state index contributed by atoms with van der Waals surface area (Å²) < 4.78 is 5.54. The molecule has 1 saturated carbocycles. The molecule has 0 spiro atoms. The van der Waals surface area contributed by atoms with E-state index in [2.05, 4.69) is 33.0 Å². The van der Waals surface area contributed by atoms with Crippen molar-refractivity contribution in [2.75, 3.05) is 11.9 Å². The Labute approximate surface area is 189 Å². The third-order valence-electron chi connectivity index (χ3n) is 8.94. The third kappa shape index (κ3) is 4.05. The number of allylic oxidation sites excluding steroid dienone is 2. The van der Waals surface area contributed by atoms with Crippen molar-refractivity contribution in [3.8, 4) is 5.75 Å². The Balaban J connectivity index is 1.55. The van der Waals surface area contributed by atoms with E-state index in [4.69, 9.17) is 4.74 Å². The largest absolute Gasteiger partial charge is 0.494 e. The van der Waals surface area contributed by atoms with Gasteiger partial charge in [0.2, 0.25) is 5.91 Å². The molecule has 0 bridgehead atoms. The molecule has 4 rings (SSSR count). The summed E-state index contributed by atoms with van der Waals surface area (Å²) in [6, 6.07) is 7.81. The number of carbonyl (C=O) groups excluding carboxylic acids is 1. The van der Waals surface area contributed by atoms with E-state index in [1.807, 2.05) is 31.2 Å². The van der Waals surface area contributed by atoms with Gasteiger partial charge < -0.3 is 10.1 Å². The molecule has 0 saturated heterocycles. The number of hydrogen-bond acceptors (Lipinski definition) is 2. The van der Waals surface area contributed by atoms with E-state index in [0.717, 1.165) is 42.5 Å². The molecule has 4 atom stereocenters. The van der Waals surface area contributed by atoms with Crippen molar-refractivity contribution < 1.29 is 9.53 Å². The zero-order valence-corrected chi connectivity index (χ0v) is 20.2. The third-order valence-corrected chi connectivity index (χ3v) is 8.94. The van der Waals surface area contributed by atoms with Gasteiger partial charge in [-0.05, 0) is 99.3 Å². The summed E-state index contributed by atoms with van der Waals surface area (Å²) in [6.07, 6.45) is 9.62. The molecule has 170 valence electrons. The lowest BCUT2D eigenvalue weighted by Crippen LogP contribution is -2.52. The number of amides is 1. The predicted octanol–water partition coefficient (Wildman–Crippen LogP) is 7.38. The maximum absolute atomic E-state index is 13.6. The minimum atomic E-state index is -0.307. The van der Waals surface area contributed by atoms with Crippen molar-refractivity contribution in [3.63, 3.8) is 0 Å². The second-order valence-corrected chi connectivity index (χ2v) is 11.0. The van der Waals surface area contributed by atoms with Crippen LogP contribution < -0.4 is 10.1 Å². The van der Waals surface area contributed by atoms with Gasteiger partial charge in [0.15, 0.2) is 0 Å². The van der Waals surface area contributed by atoms with Crippen molar-refractivity contribution in [1.82, 2.24) is 0 Å². The topological polar surface area (TPSA) is 38.3 Å². The molecule has 1 amide bonds. The minimum absolute atomic E-state index is 0.193. The van der Waals surface area contributed by atoms with Crippen molar-refractivity contribution in [2.24, 2.45) is 28.6 Å². The van der Waals surface area contributed by atoms with Crippen LogP contribution in [0.2, 0.25) is 0 Å². The first kappa shape index (κ1) is 22.4. The monoisotopic (exact) mass is 423 g/mol. The highest BCUT2D eigenvalue weighted by atomic mass is 16.5. The maximum atomic E-state index is 13.6. The first-order chi connectivity index (χ1) is 14.8. The summed E-state index contributed by atoms with van der Waals surface area (Å²) >= 11 is 0. The Bertz CT molecular complexity index is 839. The van der Waals surface area contributed by atoms with Crippen LogP contribution in [0.3, 0.4) is 0 Å². The van der Waals surface area contributed by atoms with Crippen LogP contribution in [0.4, 0.5) is 5.69 Å². The summed E-state index contributed by atoms with van der Waals surface area (Å²) in [5.41, 5.74) is 4.24. The normalized spacial score (nSPS) is 33.0. The van der Waals surface area contributed by atoms with Crippen LogP contribution in [0.1, 0.15) is 86.0 Å². The van der Waals surface area contributed by atoms with Crippen LogP contribution in [0.25, 0.3) is 0 Å². The molecule has 31 heavy (non-hydrogen) atoms. The van der Waals surface area contributed by atoms with E-state index in [1.165, 1.54) is 32.1 Å². The molecule has 1 N–H and O–H groups in total. The van der Waals surface area contributed by atoms with E-state index < -0.39 is 0 Å². The lowest BCUT2D eigenvalue weighted by atomic mass is 9.48. The lowest BCUT2D eigenvalue weighted by Gasteiger charge is -2.56. The van der Waals surface area contributed by atoms with Crippen molar-refractivity contribution in [3.05, 3.63) is 35.4 Å². The van der Waals surface area contributed by atoms with Crippen LogP contribution >= 0.6 is 0 Å². The second-order valence-electron chi connectivity index (χ2n) is 11.0. The molecule has 3 aliphatic rings. The Kier molecular flexibility index (Phi) is 6.25. The average molecular weight is 424 g/mol. The molecule has 0 aromatic heterocycles. The van der Waals surface area contributed by atoms with E-state index in [-0.39, 0.29) is 16.7 Å². The Hall–Kier alpha value is -1.77. The van der Waals surface area contributed by atoms with E-state index in [0.29, 0.717) is 12.5 Å². The van der Waals surface area contributed by atoms with Crippen LogP contribution in [0, 0.1) is 28.6 Å². The first-order valence-electron chi connectivity index (χ1n) is 12.5. The SMILES string of the molecule is CCOc1ccc(NC(=O)[C@]2(C)CCCC3(C)C4=C(CCC32)CC(C(C)C)CC4)cc1. The molecule has 1 fully saturated rings. The summed E-state index contributed by atoms with van der Waals surface area (Å²) in [7, 11) is 0. The number of hydrogen-bond donors (Lipinski definition) is 1. The molecular weight excluding hydrogens is 382 g/mol. The number of rotatable bonds is 5. The summed E-state index contributed by atoms with van der Waals surface area (Å²) in [5, 5.41) is 3.26. The molecule has 0 aliphatic heterocycles. The smallest absolute Gasteiger partial charge is 0.230 e. The van der Waals surface area contributed by atoms with E-state index in [1.54, 1.807) is 11.1 Å². The standard InChI is InChI=1S/C28H41NO2/c1-6-31-23-12-10-22(11-13-23)29-26(30)28(5)17-7-16-27(4)24-14-8-20(19(2)3)18-21(24)9-15-25(27)28/h10-13,19-20,25H,6-9,14-18H2,1-5H3,(H,29,30)/t20?,25?,27?,28-/m1/s1. The van der Waals surface area contributed by atoms with Crippen molar-refractivity contribution in [1.29, 1.82) is 0 Å². The van der Waals surface area contributed by atoms with Gasteiger partial charge in [-0.25, -0.2) is 0 Å². The van der Waals surface area contributed by atoms with Gasteiger partial charge in [-0.1, -0.05) is 45.3 Å². The van der Waals surface area contributed by atoms with Crippen LogP contribution in [-0.4, -0.2) is 12.5 Å². The molecule has 3 nitrogen and oxygen atoms in total. The molecule has 1 aromatic rings. The van der Waals surface area contributed by atoms with Gasteiger partial charge in [-0.2, -0.15) is 0 Å². The van der Waals surface area contributed by atoms with Crippen LogP contribution in [-0.2, 0) is 4.79 Å². The number of fused-ring (bicyclic) bond motifs is 2. The number of ether oxygens (including phenoxy) is 1. The summed E-state index contributed by atoms with van der Waals surface area (Å²) in [5.74, 6) is 3.10. The van der Waals surface area contributed by atoms with Gasteiger partial charge >= 0.3 is 0 Å². The van der Waals surface area contributed by atoms with Crippen molar-refractivity contribution in [2.45, 2.75) is 86.0 Å². The van der Waals surface area contributed by atoms with Gasteiger partial charge in [-0.15, -0.1) is 0 Å². The quantitative estimate of drug-likeness (QED) is 0.502. The molecular formula is C28H41NO2. The number of carbonyl (C=O) groups is 1.